The van der Waals surface area contributed by atoms with Crippen LogP contribution >= 0.6 is 0 Å². The van der Waals surface area contributed by atoms with Gasteiger partial charge in [0.2, 0.25) is 0 Å². The second-order valence-corrected chi connectivity index (χ2v) is 20.9. The van der Waals surface area contributed by atoms with E-state index in [9.17, 15) is 0 Å². The Kier molecular flexibility index (Phi) is 10.9. The molecular weight excluding hydrogens is 339 g/mol. The molecule has 0 rings (SSSR count). The Labute approximate surface area is 126 Å². The topological polar surface area (TPSA) is 9.23 Å². The molecule has 0 aromatic heterocycles. The number of ether oxygens (including phenoxy) is 1. The fourth-order valence-corrected chi connectivity index (χ4v) is 17.6. The number of hydrogen-bond donors (Lipinski definition) is 0. The Morgan fingerprint density at radius 1 is 0.737 bits per heavy atom. The Morgan fingerprint density at radius 2 is 1.11 bits per heavy atom. The summed E-state index contributed by atoms with van der Waals surface area (Å²) in [4.78, 5) is 0. The van der Waals surface area contributed by atoms with Crippen LogP contribution in [0.3, 0.4) is 0 Å². The zero-order chi connectivity index (χ0) is 14.8. The van der Waals surface area contributed by atoms with E-state index < -0.39 is 18.4 Å². The van der Waals surface area contributed by atoms with Crippen LogP contribution in [0.25, 0.3) is 0 Å². The quantitative estimate of drug-likeness (QED) is 0.390. The first-order valence-corrected chi connectivity index (χ1v) is 16.6. The fourth-order valence-electron chi connectivity index (χ4n) is 2.62. The summed E-state index contributed by atoms with van der Waals surface area (Å²) in [6, 6.07) is 0. The van der Waals surface area contributed by atoms with Crippen molar-refractivity contribution in [1.29, 1.82) is 0 Å². The summed E-state index contributed by atoms with van der Waals surface area (Å²) >= 11 is -2.03. The van der Waals surface area contributed by atoms with Crippen molar-refractivity contribution in [2.45, 2.75) is 99.0 Å². The van der Waals surface area contributed by atoms with Gasteiger partial charge in [0.1, 0.15) is 0 Å². The van der Waals surface area contributed by atoms with Crippen LogP contribution in [0.4, 0.5) is 0 Å². The first-order valence-electron chi connectivity index (χ1n) is 8.53. The average molecular weight is 377 g/mol. The summed E-state index contributed by atoms with van der Waals surface area (Å²) in [5, 5.41) is 0. The summed E-state index contributed by atoms with van der Waals surface area (Å²) < 4.78 is 12.1. The third kappa shape index (κ3) is 10.2. The molecule has 0 amide bonds. The third-order valence-corrected chi connectivity index (χ3v) is 18.3. The van der Waals surface area contributed by atoms with Gasteiger partial charge in [-0.25, -0.2) is 0 Å². The van der Waals surface area contributed by atoms with Gasteiger partial charge in [-0.1, -0.05) is 0 Å². The van der Waals surface area contributed by atoms with Crippen molar-refractivity contribution in [2.24, 2.45) is 0 Å². The first-order chi connectivity index (χ1) is 8.89. The molecule has 1 nitrogen and oxygen atoms in total. The maximum absolute atomic E-state index is 6.28. The van der Waals surface area contributed by atoms with E-state index in [1.165, 1.54) is 38.5 Å². The van der Waals surface area contributed by atoms with E-state index in [1.54, 1.807) is 13.3 Å². The van der Waals surface area contributed by atoms with Crippen molar-refractivity contribution in [3.63, 3.8) is 0 Å². The molecule has 116 valence electrons. The van der Waals surface area contributed by atoms with Gasteiger partial charge in [0.25, 0.3) is 0 Å². The van der Waals surface area contributed by atoms with Crippen LogP contribution in [0, 0.1) is 0 Å². The molecule has 0 fully saturated rings. The van der Waals surface area contributed by atoms with Crippen LogP contribution in [0.1, 0.15) is 80.1 Å². The molecule has 0 bridgehead atoms. The number of rotatable bonds is 11. The zero-order valence-corrected chi connectivity index (χ0v) is 17.3. The van der Waals surface area contributed by atoms with Gasteiger partial charge in [-0.15, -0.1) is 0 Å². The Hall–Kier alpha value is 0.759. The number of unbranched alkanes of at least 4 members (excludes halogenated alkanes) is 3. The molecule has 0 spiro atoms. The van der Waals surface area contributed by atoms with Gasteiger partial charge < -0.3 is 0 Å². The van der Waals surface area contributed by atoms with E-state index in [-0.39, 0.29) is 5.60 Å². The van der Waals surface area contributed by atoms with Gasteiger partial charge in [0.15, 0.2) is 0 Å². The predicted octanol–water partition coefficient (Wildman–Crippen LogP) is 6.19. The molecule has 0 N–H and O–H groups in total. The van der Waals surface area contributed by atoms with Crippen molar-refractivity contribution < 1.29 is 4.74 Å². The van der Waals surface area contributed by atoms with Gasteiger partial charge >= 0.3 is 127 Å². The predicted molar refractivity (Wildman–Crippen MR) is 90.6 cm³/mol. The average Bonchev–Trinajstić information content (AvgIpc) is 2.36. The molecule has 0 aliphatic rings. The molecule has 0 aromatic rings. The van der Waals surface area contributed by atoms with Crippen LogP contribution in [0.15, 0.2) is 0 Å². The molecule has 0 aliphatic carbocycles. The molecular formula is C17H38OSn. The second kappa shape index (κ2) is 10.5. The Morgan fingerprint density at radius 3 is 1.37 bits per heavy atom. The van der Waals surface area contributed by atoms with Crippen molar-refractivity contribution in [2.75, 3.05) is 4.62 Å². The molecule has 0 radical (unpaired) electrons. The molecule has 0 saturated carbocycles. The van der Waals surface area contributed by atoms with Crippen molar-refractivity contribution in [1.82, 2.24) is 0 Å². The minimum atomic E-state index is -2.03. The summed E-state index contributed by atoms with van der Waals surface area (Å²) in [5.41, 5.74) is 0.0484. The van der Waals surface area contributed by atoms with E-state index >= 15 is 0 Å². The summed E-state index contributed by atoms with van der Waals surface area (Å²) in [5.74, 6) is 0. The normalized spacial score (nSPS) is 12.9. The molecule has 0 aliphatic heterocycles. The van der Waals surface area contributed by atoms with E-state index in [2.05, 4.69) is 41.5 Å². The van der Waals surface area contributed by atoms with Crippen molar-refractivity contribution >= 4 is 18.4 Å². The van der Waals surface area contributed by atoms with Crippen molar-refractivity contribution in [3.8, 4) is 0 Å². The van der Waals surface area contributed by atoms with Gasteiger partial charge in [0, 0.05) is 0 Å². The van der Waals surface area contributed by atoms with Gasteiger partial charge in [0.05, 0.1) is 0 Å². The van der Waals surface area contributed by atoms with Gasteiger partial charge in [-0.05, 0) is 0 Å². The van der Waals surface area contributed by atoms with E-state index in [1.807, 2.05) is 0 Å². The number of hydrogen-bond acceptors (Lipinski definition) is 1. The van der Waals surface area contributed by atoms with E-state index in [4.69, 9.17) is 4.74 Å². The Bertz CT molecular complexity index is 186. The molecule has 0 saturated heterocycles. The molecule has 19 heavy (non-hydrogen) atoms. The second-order valence-electron chi connectivity index (χ2n) is 7.21. The van der Waals surface area contributed by atoms with Gasteiger partial charge in [-0.2, -0.15) is 0 Å². The fraction of sp³-hybridized carbons (Fsp3) is 1.00. The SMILES string of the molecule is CCC[CH2][Sn]([CH2]CCC)([CH2]CCC)[CH2]OC(C)(C)C. The molecule has 0 aromatic carbocycles. The summed E-state index contributed by atoms with van der Waals surface area (Å²) in [6.45, 7) is 13.6. The molecule has 0 atom stereocenters. The van der Waals surface area contributed by atoms with Crippen LogP contribution < -0.4 is 0 Å². The summed E-state index contributed by atoms with van der Waals surface area (Å²) in [7, 11) is 0. The van der Waals surface area contributed by atoms with Crippen LogP contribution in [0.2, 0.25) is 13.3 Å². The van der Waals surface area contributed by atoms with Crippen molar-refractivity contribution in [3.05, 3.63) is 0 Å². The maximum atomic E-state index is 6.28. The standard InChI is InChI=1S/C5H11O.3C4H9.Sn/c1-5(2,3)6-4;3*1-3-4-2;/h4H2,1-3H3;3*1,3-4H2,2H3;. The van der Waals surface area contributed by atoms with Gasteiger partial charge in [-0.3, -0.25) is 0 Å². The van der Waals surface area contributed by atoms with Crippen LogP contribution in [0.5, 0.6) is 0 Å². The van der Waals surface area contributed by atoms with Crippen LogP contribution in [-0.4, -0.2) is 28.6 Å². The first kappa shape index (κ1) is 19.8. The monoisotopic (exact) mass is 378 g/mol. The van der Waals surface area contributed by atoms with E-state index in [0.29, 0.717) is 0 Å². The zero-order valence-electron chi connectivity index (χ0n) is 14.5. The third-order valence-electron chi connectivity index (χ3n) is 3.99. The summed E-state index contributed by atoms with van der Waals surface area (Å²) in [6.07, 6.45) is 8.39. The Balaban J connectivity index is 4.66. The minimum absolute atomic E-state index is 0.0484. The van der Waals surface area contributed by atoms with Crippen LogP contribution in [-0.2, 0) is 4.74 Å². The molecule has 0 unspecified atom stereocenters. The molecule has 2 heteroatoms. The molecule has 0 heterocycles. The van der Waals surface area contributed by atoms with E-state index in [0.717, 1.165) is 4.62 Å².